The SMILES string of the molecule is COc1cccc(C2Nc3c(OCC(C)C)cccc3C3C=CCC32)c1. The van der Waals surface area contributed by atoms with Crippen LogP contribution in [-0.2, 0) is 0 Å². The van der Waals surface area contributed by atoms with Gasteiger partial charge in [-0.1, -0.05) is 50.3 Å². The molecule has 26 heavy (non-hydrogen) atoms. The van der Waals surface area contributed by atoms with E-state index in [9.17, 15) is 0 Å². The molecular formula is C23H27NO2. The van der Waals surface area contributed by atoms with Crippen LogP contribution < -0.4 is 14.8 Å². The Morgan fingerprint density at radius 3 is 2.81 bits per heavy atom. The third-order valence-electron chi connectivity index (χ3n) is 5.38. The number of hydrogen-bond donors (Lipinski definition) is 1. The first-order valence-corrected chi connectivity index (χ1v) is 9.50. The summed E-state index contributed by atoms with van der Waals surface area (Å²) >= 11 is 0. The number of hydrogen-bond acceptors (Lipinski definition) is 3. The number of rotatable bonds is 5. The van der Waals surface area contributed by atoms with Gasteiger partial charge in [0.05, 0.1) is 25.4 Å². The number of methoxy groups -OCH3 is 1. The van der Waals surface area contributed by atoms with Crippen LogP contribution in [0.5, 0.6) is 11.5 Å². The summed E-state index contributed by atoms with van der Waals surface area (Å²) in [6.45, 7) is 5.08. The number of fused-ring (bicyclic) bond motifs is 3. The van der Waals surface area contributed by atoms with E-state index in [-0.39, 0.29) is 6.04 Å². The second-order valence-electron chi connectivity index (χ2n) is 7.68. The van der Waals surface area contributed by atoms with Crippen molar-refractivity contribution in [2.75, 3.05) is 19.0 Å². The predicted octanol–water partition coefficient (Wildman–Crippen LogP) is 5.56. The van der Waals surface area contributed by atoms with E-state index in [0.717, 1.165) is 30.2 Å². The second-order valence-corrected chi connectivity index (χ2v) is 7.68. The van der Waals surface area contributed by atoms with Crippen LogP contribution in [-0.4, -0.2) is 13.7 Å². The third kappa shape index (κ3) is 3.07. The third-order valence-corrected chi connectivity index (χ3v) is 5.38. The molecule has 0 saturated carbocycles. The molecule has 2 aromatic rings. The predicted molar refractivity (Wildman–Crippen MR) is 106 cm³/mol. The maximum atomic E-state index is 6.13. The van der Waals surface area contributed by atoms with E-state index in [1.807, 2.05) is 6.07 Å². The van der Waals surface area contributed by atoms with Crippen molar-refractivity contribution in [3.63, 3.8) is 0 Å². The van der Waals surface area contributed by atoms with Gasteiger partial charge in [-0.3, -0.25) is 0 Å². The zero-order chi connectivity index (χ0) is 18.1. The number of ether oxygens (including phenoxy) is 2. The molecule has 0 spiro atoms. The molecule has 0 fully saturated rings. The summed E-state index contributed by atoms with van der Waals surface area (Å²) in [6, 6.07) is 15.1. The molecule has 4 rings (SSSR count). The Morgan fingerprint density at radius 2 is 2.00 bits per heavy atom. The number of para-hydroxylation sites is 1. The van der Waals surface area contributed by atoms with Gasteiger partial charge in [-0.25, -0.2) is 0 Å². The molecule has 3 unspecified atom stereocenters. The van der Waals surface area contributed by atoms with Gasteiger partial charge in [0.2, 0.25) is 0 Å². The summed E-state index contributed by atoms with van der Waals surface area (Å²) in [4.78, 5) is 0. The maximum absolute atomic E-state index is 6.13. The average molecular weight is 349 g/mol. The lowest BCUT2D eigenvalue weighted by Gasteiger charge is -2.38. The first kappa shape index (κ1) is 17.0. The Labute approximate surface area is 156 Å². The summed E-state index contributed by atoms with van der Waals surface area (Å²) in [6.07, 6.45) is 5.78. The molecule has 2 aromatic carbocycles. The highest BCUT2D eigenvalue weighted by Gasteiger charge is 2.39. The fourth-order valence-electron chi connectivity index (χ4n) is 4.13. The minimum Gasteiger partial charge on any atom is -0.497 e. The minimum absolute atomic E-state index is 0.251. The lowest BCUT2D eigenvalue weighted by atomic mass is 9.77. The quantitative estimate of drug-likeness (QED) is 0.717. The van der Waals surface area contributed by atoms with Crippen molar-refractivity contribution in [2.24, 2.45) is 11.8 Å². The average Bonchev–Trinajstić information content (AvgIpc) is 3.15. The van der Waals surface area contributed by atoms with Crippen LogP contribution in [0.25, 0.3) is 0 Å². The van der Waals surface area contributed by atoms with E-state index in [0.29, 0.717) is 17.8 Å². The molecule has 136 valence electrons. The first-order valence-electron chi connectivity index (χ1n) is 9.50. The molecule has 1 heterocycles. The highest BCUT2D eigenvalue weighted by Crippen LogP contribution is 2.52. The molecule has 0 aromatic heterocycles. The van der Waals surface area contributed by atoms with Crippen LogP contribution in [0.15, 0.2) is 54.6 Å². The van der Waals surface area contributed by atoms with Crippen molar-refractivity contribution in [3.05, 3.63) is 65.7 Å². The molecule has 0 radical (unpaired) electrons. The lowest BCUT2D eigenvalue weighted by Crippen LogP contribution is -2.29. The topological polar surface area (TPSA) is 30.5 Å². The number of allylic oxidation sites excluding steroid dienone is 2. The summed E-state index contributed by atoms with van der Waals surface area (Å²) in [7, 11) is 1.72. The van der Waals surface area contributed by atoms with Gasteiger partial charge >= 0.3 is 0 Å². The highest BCUT2D eigenvalue weighted by molar-refractivity contribution is 5.67. The van der Waals surface area contributed by atoms with Gasteiger partial charge in [-0.2, -0.15) is 0 Å². The Bertz CT molecular complexity index is 812. The van der Waals surface area contributed by atoms with Crippen LogP contribution in [0.4, 0.5) is 5.69 Å². The summed E-state index contributed by atoms with van der Waals surface area (Å²) in [5.41, 5.74) is 3.77. The van der Waals surface area contributed by atoms with Gasteiger partial charge < -0.3 is 14.8 Å². The Hall–Kier alpha value is -2.42. The zero-order valence-corrected chi connectivity index (χ0v) is 15.7. The molecule has 2 aliphatic rings. The molecule has 1 aliphatic heterocycles. The van der Waals surface area contributed by atoms with Gasteiger partial charge in [-0.05, 0) is 47.6 Å². The van der Waals surface area contributed by atoms with Crippen LogP contribution in [0.1, 0.15) is 43.4 Å². The zero-order valence-electron chi connectivity index (χ0n) is 15.7. The molecule has 3 heteroatoms. The van der Waals surface area contributed by atoms with E-state index in [4.69, 9.17) is 9.47 Å². The Kier molecular flexibility index (Phi) is 4.62. The van der Waals surface area contributed by atoms with E-state index >= 15 is 0 Å². The standard InChI is InChI=1S/C23H27NO2/c1-15(2)14-26-21-12-6-11-20-18-9-5-10-19(18)22(24-23(20)21)16-7-4-8-17(13-16)25-3/h4-9,11-13,15,18-19,22,24H,10,14H2,1-3H3. The molecule has 1 N–H and O–H groups in total. The molecule has 0 amide bonds. The molecule has 3 nitrogen and oxygen atoms in total. The van der Waals surface area contributed by atoms with E-state index in [1.54, 1.807) is 7.11 Å². The lowest BCUT2D eigenvalue weighted by molar-refractivity contribution is 0.270. The molecule has 3 atom stereocenters. The second kappa shape index (κ2) is 7.06. The monoisotopic (exact) mass is 349 g/mol. The van der Waals surface area contributed by atoms with Gasteiger partial charge in [0.1, 0.15) is 11.5 Å². The van der Waals surface area contributed by atoms with Gasteiger partial charge in [0, 0.05) is 5.92 Å². The van der Waals surface area contributed by atoms with Crippen molar-refractivity contribution in [2.45, 2.75) is 32.2 Å². The molecule has 1 aliphatic carbocycles. The molecule has 0 bridgehead atoms. The van der Waals surface area contributed by atoms with Crippen molar-refractivity contribution in [1.29, 1.82) is 0 Å². The van der Waals surface area contributed by atoms with Crippen LogP contribution in [0, 0.1) is 11.8 Å². The van der Waals surface area contributed by atoms with E-state index < -0.39 is 0 Å². The fourth-order valence-corrected chi connectivity index (χ4v) is 4.13. The number of benzene rings is 2. The van der Waals surface area contributed by atoms with Gasteiger partial charge in [0.15, 0.2) is 0 Å². The van der Waals surface area contributed by atoms with E-state index in [1.165, 1.54) is 11.1 Å². The van der Waals surface area contributed by atoms with Crippen molar-refractivity contribution in [1.82, 2.24) is 0 Å². The smallest absolute Gasteiger partial charge is 0.142 e. The van der Waals surface area contributed by atoms with Crippen molar-refractivity contribution in [3.8, 4) is 11.5 Å². The largest absolute Gasteiger partial charge is 0.497 e. The van der Waals surface area contributed by atoms with Crippen LogP contribution in [0.3, 0.4) is 0 Å². The summed E-state index contributed by atoms with van der Waals surface area (Å²) in [5.74, 6) is 3.33. The van der Waals surface area contributed by atoms with Gasteiger partial charge in [0.25, 0.3) is 0 Å². The summed E-state index contributed by atoms with van der Waals surface area (Å²) in [5, 5.41) is 3.81. The van der Waals surface area contributed by atoms with Crippen LogP contribution in [0.2, 0.25) is 0 Å². The fraction of sp³-hybridized carbons (Fsp3) is 0.391. The van der Waals surface area contributed by atoms with E-state index in [2.05, 4.69) is 67.7 Å². The molecule has 0 saturated heterocycles. The highest BCUT2D eigenvalue weighted by atomic mass is 16.5. The first-order chi connectivity index (χ1) is 12.7. The maximum Gasteiger partial charge on any atom is 0.142 e. The molecular weight excluding hydrogens is 322 g/mol. The summed E-state index contributed by atoms with van der Waals surface area (Å²) < 4.78 is 11.6. The Morgan fingerprint density at radius 1 is 1.15 bits per heavy atom. The number of nitrogens with one attached hydrogen (secondary N) is 1. The van der Waals surface area contributed by atoms with Crippen molar-refractivity contribution >= 4 is 5.69 Å². The number of anilines is 1. The normalized spacial score (nSPS) is 23.3. The Balaban J connectivity index is 1.73. The minimum atomic E-state index is 0.251. The van der Waals surface area contributed by atoms with Crippen molar-refractivity contribution < 1.29 is 9.47 Å². The van der Waals surface area contributed by atoms with Crippen LogP contribution >= 0.6 is 0 Å². The van der Waals surface area contributed by atoms with Gasteiger partial charge in [-0.15, -0.1) is 0 Å².